The molecule has 2 heteroatoms. The SMILES string of the molecule is CCN1CC[C@]2(C)c3cc(O)ccc3C[C@H]1[C@H]2C. The molecular formula is C16H23NO. The summed E-state index contributed by atoms with van der Waals surface area (Å²) in [5, 5.41) is 9.77. The molecule has 1 aliphatic heterocycles. The first kappa shape index (κ1) is 12.0. The minimum atomic E-state index is 0.239. The lowest BCUT2D eigenvalue weighted by molar-refractivity contribution is 0.0353. The van der Waals surface area contributed by atoms with E-state index < -0.39 is 0 Å². The van der Waals surface area contributed by atoms with Crippen LogP contribution in [0.2, 0.25) is 0 Å². The number of aromatic hydroxyl groups is 1. The molecule has 2 nitrogen and oxygen atoms in total. The number of rotatable bonds is 1. The second kappa shape index (κ2) is 3.99. The maximum atomic E-state index is 9.77. The van der Waals surface area contributed by atoms with Gasteiger partial charge in [0.15, 0.2) is 0 Å². The van der Waals surface area contributed by atoms with Crippen LogP contribution in [0.5, 0.6) is 5.75 Å². The van der Waals surface area contributed by atoms with Crippen LogP contribution < -0.4 is 0 Å². The molecule has 2 bridgehead atoms. The summed E-state index contributed by atoms with van der Waals surface area (Å²) in [6.45, 7) is 9.38. The van der Waals surface area contributed by atoms with E-state index in [1.807, 2.05) is 12.1 Å². The molecular weight excluding hydrogens is 222 g/mol. The van der Waals surface area contributed by atoms with Gasteiger partial charge in [-0.25, -0.2) is 0 Å². The molecule has 1 saturated heterocycles. The Balaban J connectivity index is 2.11. The molecule has 1 N–H and O–H groups in total. The maximum Gasteiger partial charge on any atom is 0.115 e. The Morgan fingerprint density at radius 1 is 1.44 bits per heavy atom. The molecule has 0 saturated carbocycles. The topological polar surface area (TPSA) is 23.5 Å². The highest BCUT2D eigenvalue weighted by atomic mass is 16.3. The van der Waals surface area contributed by atoms with E-state index in [1.165, 1.54) is 24.1 Å². The van der Waals surface area contributed by atoms with Crippen LogP contribution in [-0.4, -0.2) is 29.1 Å². The first-order valence-corrected chi connectivity index (χ1v) is 7.12. The molecule has 0 aromatic heterocycles. The summed E-state index contributed by atoms with van der Waals surface area (Å²) >= 11 is 0. The summed E-state index contributed by atoms with van der Waals surface area (Å²) in [4.78, 5) is 2.63. The van der Waals surface area contributed by atoms with Crippen LogP contribution in [0.4, 0.5) is 0 Å². The van der Waals surface area contributed by atoms with E-state index >= 15 is 0 Å². The Morgan fingerprint density at radius 3 is 2.94 bits per heavy atom. The molecule has 1 aromatic rings. The highest BCUT2D eigenvalue weighted by Crippen LogP contribution is 2.49. The Labute approximate surface area is 110 Å². The first-order chi connectivity index (χ1) is 8.56. The molecule has 2 aliphatic rings. The summed E-state index contributed by atoms with van der Waals surface area (Å²) in [6.07, 6.45) is 2.34. The van der Waals surface area contributed by atoms with Gasteiger partial charge in [-0.2, -0.15) is 0 Å². The van der Waals surface area contributed by atoms with Crippen molar-refractivity contribution >= 4 is 0 Å². The molecule has 3 rings (SSSR count). The summed E-state index contributed by atoms with van der Waals surface area (Å²) < 4.78 is 0. The second-order valence-corrected chi connectivity index (χ2v) is 6.20. The van der Waals surface area contributed by atoms with Gasteiger partial charge in [-0.1, -0.05) is 26.8 Å². The number of hydrogen-bond acceptors (Lipinski definition) is 2. The van der Waals surface area contributed by atoms with Gasteiger partial charge in [0.1, 0.15) is 5.75 Å². The van der Waals surface area contributed by atoms with E-state index in [0.29, 0.717) is 17.7 Å². The Kier molecular flexibility index (Phi) is 2.67. The zero-order chi connectivity index (χ0) is 12.9. The molecule has 1 aliphatic carbocycles. The molecule has 0 amide bonds. The van der Waals surface area contributed by atoms with E-state index in [9.17, 15) is 5.11 Å². The number of likely N-dealkylation sites (tertiary alicyclic amines) is 1. The van der Waals surface area contributed by atoms with Crippen LogP contribution >= 0.6 is 0 Å². The van der Waals surface area contributed by atoms with E-state index in [2.05, 4.69) is 31.7 Å². The van der Waals surface area contributed by atoms with Crippen molar-refractivity contribution in [2.75, 3.05) is 13.1 Å². The number of piperidine rings is 1. The molecule has 0 spiro atoms. The number of phenolic OH excluding ortho intramolecular Hbond substituents is 1. The first-order valence-electron chi connectivity index (χ1n) is 7.12. The van der Waals surface area contributed by atoms with Crippen molar-refractivity contribution < 1.29 is 5.11 Å². The van der Waals surface area contributed by atoms with E-state index in [-0.39, 0.29) is 5.41 Å². The van der Waals surface area contributed by atoms with Crippen LogP contribution in [0.15, 0.2) is 18.2 Å². The number of phenols is 1. The van der Waals surface area contributed by atoms with Crippen LogP contribution in [0.3, 0.4) is 0 Å². The minimum Gasteiger partial charge on any atom is -0.508 e. The lowest BCUT2D eigenvalue weighted by atomic mass is 9.59. The Morgan fingerprint density at radius 2 is 2.22 bits per heavy atom. The molecule has 3 atom stereocenters. The van der Waals surface area contributed by atoms with Gasteiger partial charge in [-0.15, -0.1) is 0 Å². The van der Waals surface area contributed by atoms with Gasteiger partial charge < -0.3 is 10.0 Å². The smallest absolute Gasteiger partial charge is 0.115 e. The zero-order valence-corrected chi connectivity index (χ0v) is 11.6. The monoisotopic (exact) mass is 245 g/mol. The number of likely N-dealkylation sites (N-methyl/N-ethyl adjacent to an activating group) is 1. The highest BCUT2D eigenvalue weighted by Gasteiger charge is 2.47. The molecule has 98 valence electrons. The van der Waals surface area contributed by atoms with Gasteiger partial charge in [-0.3, -0.25) is 0 Å². The maximum absolute atomic E-state index is 9.77. The van der Waals surface area contributed by atoms with Crippen LogP contribution in [0.1, 0.15) is 38.3 Å². The lowest BCUT2D eigenvalue weighted by Crippen LogP contribution is -2.57. The molecule has 18 heavy (non-hydrogen) atoms. The van der Waals surface area contributed by atoms with Gasteiger partial charge in [-0.05, 0) is 60.5 Å². The molecule has 0 radical (unpaired) electrons. The molecule has 0 unspecified atom stereocenters. The Hall–Kier alpha value is -1.02. The van der Waals surface area contributed by atoms with Gasteiger partial charge in [0.05, 0.1) is 0 Å². The quantitative estimate of drug-likeness (QED) is 0.822. The van der Waals surface area contributed by atoms with Crippen molar-refractivity contribution in [2.45, 2.75) is 45.1 Å². The molecule has 1 heterocycles. The number of nitrogens with zero attached hydrogens (tertiary/aromatic N) is 1. The molecule has 1 aromatic carbocycles. The fraction of sp³-hybridized carbons (Fsp3) is 0.625. The average molecular weight is 245 g/mol. The van der Waals surface area contributed by atoms with Gasteiger partial charge >= 0.3 is 0 Å². The van der Waals surface area contributed by atoms with E-state index in [1.54, 1.807) is 0 Å². The third-order valence-corrected chi connectivity index (χ3v) is 5.51. The second-order valence-electron chi connectivity index (χ2n) is 6.20. The summed E-state index contributed by atoms with van der Waals surface area (Å²) in [6, 6.07) is 6.64. The van der Waals surface area contributed by atoms with Crippen LogP contribution in [-0.2, 0) is 11.8 Å². The normalized spacial score (nSPS) is 35.3. The average Bonchev–Trinajstić information content (AvgIpc) is 2.35. The zero-order valence-electron chi connectivity index (χ0n) is 11.6. The molecule has 1 fully saturated rings. The minimum absolute atomic E-state index is 0.239. The predicted octanol–water partition coefficient (Wildman–Crippen LogP) is 2.94. The van der Waals surface area contributed by atoms with Crippen molar-refractivity contribution in [3.63, 3.8) is 0 Å². The van der Waals surface area contributed by atoms with E-state index in [0.717, 1.165) is 13.0 Å². The van der Waals surface area contributed by atoms with Crippen molar-refractivity contribution in [3.8, 4) is 5.75 Å². The third-order valence-electron chi connectivity index (χ3n) is 5.51. The van der Waals surface area contributed by atoms with Crippen molar-refractivity contribution in [2.24, 2.45) is 5.92 Å². The van der Waals surface area contributed by atoms with Gasteiger partial charge in [0.2, 0.25) is 0 Å². The third kappa shape index (κ3) is 1.51. The lowest BCUT2D eigenvalue weighted by Gasteiger charge is -2.54. The predicted molar refractivity (Wildman–Crippen MR) is 74.0 cm³/mol. The fourth-order valence-corrected chi connectivity index (χ4v) is 4.09. The standard InChI is InChI=1S/C16H23NO/c1-4-17-8-7-16(3)11(2)15(17)9-12-5-6-13(18)10-14(12)16/h5-6,10-11,15,18H,4,7-9H2,1-3H3/t11-,15+,16+/m1/s1. The van der Waals surface area contributed by atoms with Crippen LogP contribution in [0, 0.1) is 5.92 Å². The Bertz CT molecular complexity index is 470. The highest BCUT2D eigenvalue weighted by molar-refractivity contribution is 5.44. The largest absolute Gasteiger partial charge is 0.508 e. The van der Waals surface area contributed by atoms with Crippen molar-refractivity contribution in [1.29, 1.82) is 0 Å². The summed E-state index contributed by atoms with van der Waals surface area (Å²) in [7, 11) is 0. The fourth-order valence-electron chi connectivity index (χ4n) is 4.09. The van der Waals surface area contributed by atoms with Crippen LogP contribution in [0.25, 0.3) is 0 Å². The summed E-state index contributed by atoms with van der Waals surface area (Å²) in [5.74, 6) is 1.08. The van der Waals surface area contributed by atoms with Crippen molar-refractivity contribution in [1.82, 2.24) is 4.90 Å². The van der Waals surface area contributed by atoms with Gasteiger partial charge in [0.25, 0.3) is 0 Å². The number of hydrogen-bond donors (Lipinski definition) is 1. The number of benzene rings is 1. The number of fused-ring (bicyclic) bond motifs is 4. The van der Waals surface area contributed by atoms with Gasteiger partial charge in [0, 0.05) is 6.04 Å². The van der Waals surface area contributed by atoms with Crippen molar-refractivity contribution in [3.05, 3.63) is 29.3 Å². The van der Waals surface area contributed by atoms with E-state index in [4.69, 9.17) is 0 Å². The summed E-state index contributed by atoms with van der Waals surface area (Å²) in [5.41, 5.74) is 3.07.